The van der Waals surface area contributed by atoms with Gasteiger partial charge in [0.15, 0.2) is 0 Å². The first-order valence-corrected chi connectivity index (χ1v) is 5.20. The van der Waals surface area contributed by atoms with Crippen LogP contribution in [-0.2, 0) is 0 Å². The van der Waals surface area contributed by atoms with Gasteiger partial charge in [0.05, 0.1) is 20.3 Å². The van der Waals surface area contributed by atoms with Crippen molar-refractivity contribution in [2.75, 3.05) is 14.2 Å². The van der Waals surface area contributed by atoms with E-state index in [4.69, 9.17) is 14.2 Å². The van der Waals surface area contributed by atoms with Crippen molar-refractivity contribution in [2.45, 2.75) is 0 Å². The molecule has 87 valence electrons. The molecule has 0 fully saturated rings. The van der Waals surface area contributed by atoms with Crippen LogP contribution in [0.25, 0.3) is 0 Å². The van der Waals surface area contributed by atoms with Crippen molar-refractivity contribution in [3.63, 3.8) is 0 Å². The van der Waals surface area contributed by atoms with Crippen LogP contribution in [-0.4, -0.2) is 14.2 Å². The van der Waals surface area contributed by atoms with Gasteiger partial charge in [0.1, 0.15) is 23.0 Å². The molecule has 17 heavy (non-hydrogen) atoms. The highest BCUT2D eigenvalue weighted by molar-refractivity contribution is 5.38. The fourth-order valence-electron chi connectivity index (χ4n) is 1.40. The predicted molar refractivity (Wildman–Crippen MR) is 64.9 cm³/mol. The van der Waals surface area contributed by atoms with Crippen LogP contribution in [0.3, 0.4) is 0 Å². The first kappa shape index (κ1) is 11.3. The Hall–Kier alpha value is -2.16. The molecule has 0 aliphatic rings. The van der Waals surface area contributed by atoms with Crippen molar-refractivity contribution >= 4 is 0 Å². The third-order valence-electron chi connectivity index (χ3n) is 2.23. The molecule has 0 amide bonds. The number of benzene rings is 2. The zero-order chi connectivity index (χ0) is 12.1. The van der Waals surface area contributed by atoms with Crippen LogP contribution < -0.4 is 14.2 Å². The molecule has 2 aromatic carbocycles. The van der Waals surface area contributed by atoms with Gasteiger partial charge in [-0.05, 0) is 24.3 Å². The number of methoxy groups -OCH3 is 2. The molecule has 0 saturated carbocycles. The summed E-state index contributed by atoms with van der Waals surface area (Å²) >= 11 is 0. The average molecular weight is 229 g/mol. The van der Waals surface area contributed by atoms with Crippen LogP contribution in [0.15, 0.2) is 42.5 Å². The molecule has 0 heterocycles. The first-order valence-electron chi connectivity index (χ1n) is 5.20. The highest BCUT2D eigenvalue weighted by atomic mass is 16.5. The van der Waals surface area contributed by atoms with Crippen molar-refractivity contribution in [3.05, 3.63) is 48.5 Å². The minimum atomic E-state index is 0.609. The van der Waals surface area contributed by atoms with E-state index in [9.17, 15) is 0 Å². The summed E-state index contributed by atoms with van der Waals surface area (Å²) in [6, 6.07) is 15.9. The highest BCUT2D eigenvalue weighted by Gasteiger charge is 2.01. The largest absolute Gasteiger partial charge is 0.497 e. The van der Waals surface area contributed by atoms with Crippen molar-refractivity contribution in [2.24, 2.45) is 0 Å². The summed E-state index contributed by atoms with van der Waals surface area (Å²) in [4.78, 5) is 0. The fraction of sp³-hybridized carbons (Fsp3) is 0.143. The SMILES string of the molecule is COc1[c]c(Oc2cccc(OC)c2)ccc1. The molecule has 0 spiro atoms. The molecule has 2 rings (SSSR count). The Morgan fingerprint density at radius 1 is 0.824 bits per heavy atom. The van der Waals surface area contributed by atoms with Crippen molar-refractivity contribution in [1.82, 2.24) is 0 Å². The maximum absolute atomic E-state index is 5.65. The fourth-order valence-corrected chi connectivity index (χ4v) is 1.40. The van der Waals surface area contributed by atoms with Crippen molar-refractivity contribution in [1.29, 1.82) is 0 Å². The van der Waals surface area contributed by atoms with Crippen LogP contribution in [0, 0.1) is 6.07 Å². The minimum Gasteiger partial charge on any atom is -0.497 e. The number of ether oxygens (including phenoxy) is 3. The molecule has 0 saturated heterocycles. The van der Waals surface area contributed by atoms with Gasteiger partial charge in [-0.1, -0.05) is 12.1 Å². The Bertz CT molecular complexity index is 449. The molecule has 0 N–H and O–H groups in total. The molecular formula is C14H13O3. The van der Waals surface area contributed by atoms with E-state index in [0.717, 1.165) is 5.75 Å². The molecule has 0 bridgehead atoms. The zero-order valence-corrected chi connectivity index (χ0v) is 9.77. The molecule has 0 aliphatic heterocycles. The van der Waals surface area contributed by atoms with Gasteiger partial charge in [-0.25, -0.2) is 0 Å². The normalized spacial score (nSPS) is 9.76. The van der Waals surface area contributed by atoms with E-state index in [1.165, 1.54) is 0 Å². The Morgan fingerprint density at radius 3 is 2.29 bits per heavy atom. The lowest BCUT2D eigenvalue weighted by Gasteiger charge is -2.07. The lowest BCUT2D eigenvalue weighted by Crippen LogP contribution is -1.88. The minimum absolute atomic E-state index is 0.609. The van der Waals surface area contributed by atoms with E-state index in [1.54, 1.807) is 14.2 Å². The van der Waals surface area contributed by atoms with Crippen LogP contribution in [0.5, 0.6) is 23.0 Å². The lowest BCUT2D eigenvalue weighted by molar-refractivity contribution is 0.403. The summed E-state index contributed by atoms with van der Waals surface area (Å²) in [7, 11) is 3.22. The van der Waals surface area contributed by atoms with Gasteiger partial charge in [0, 0.05) is 6.07 Å². The molecule has 0 aliphatic carbocycles. The Morgan fingerprint density at radius 2 is 1.53 bits per heavy atom. The molecule has 0 unspecified atom stereocenters. The van der Waals surface area contributed by atoms with Gasteiger partial charge in [-0.15, -0.1) is 0 Å². The summed E-state index contributed by atoms with van der Waals surface area (Å²) < 4.78 is 15.8. The van der Waals surface area contributed by atoms with Crippen molar-refractivity contribution in [3.8, 4) is 23.0 Å². The maximum atomic E-state index is 5.65. The van der Waals surface area contributed by atoms with Gasteiger partial charge < -0.3 is 14.2 Å². The van der Waals surface area contributed by atoms with Crippen LogP contribution in [0.4, 0.5) is 0 Å². The second-order valence-electron chi connectivity index (χ2n) is 3.36. The van der Waals surface area contributed by atoms with Gasteiger partial charge in [-0.3, -0.25) is 0 Å². The average Bonchev–Trinajstić information content (AvgIpc) is 2.39. The van der Waals surface area contributed by atoms with Gasteiger partial charge in [0.25, 0.3) is 0 Å². The van der Waals surface area contributed by atoms with Gasteiger partial charge in [0.2, 0.25) is 0 Å². The van der Waals surface area contributed by atoms with Crippen molar-refractivity contribution < 1.29 is 14.2 Å². The summed E-state index contributed by atoms with van der Waals surface area (Å²) in [6.45, 7) is 0. The maximum Gasteiger partial charge on any atom is 0.139 e. The smallest absolute Gasteiger partial charge is 0.139 e. The van der Waals surface area contributed by atoms with E-state index >= 15 is 0 Å². The number of hydrogen-bond donors (Lipinski definition) is 0. The van der Waals surface area contributed by atoms with E-state index in [1.807, 2.05) is 42.5 Å². The summed E-state index contributed by atoms with van der Waals surface area (Å²) in [5.41, 5.74) is 0. The number of hydrogen-bond acceptors (Lipinski definition) is 3. The third kappa shape index (κ3) is 2.91. The molecule has 1 radical (unpaired) electrons. The highest BCUT2D eigenvalue weighted by Crippen LogP contribution is 2.26. The Kier molecular flexibility index (Phi) is 3.50. The Balaban J connectivity index is 2.18. The Labute approximate surface area is 101 Å². The monoisotopic (exact) mass is 229 g/mol. The summed E-state index contributed by atoms with van der Waals surface area (Å²) in [6.07, 6.45) is 0. The molecule has 0 aromatic heterocycles. The predicted octanol–water partition coefficient (Wildman–Crippen LogP) is 3.30. The first-order chi connectivity index (χ1) is 8.31. The molecule has 3 nitrogen and oxygen atoms in total. The third-order valence-corrected chi connectivity index (χ3v) is 2.23. The quantitative estimate of drug-likeness (QED) is 0.805. The zero-order valence-electron chi connectivity index (χ0n) is 9.77. The van der Waals surface area contributed by atoms with E-state index < -0.39 is 0 Å². The van der Waals surface area contributed by atoms with Crippen LogP contribution in [0.1, 0.15) is 0 Å². The molecular weight excluding hydrogens is 216 g/mol. The van der Waals surface area contributed by atoms with Gasteiger partial charge in [-0.2, -0.15) is 0 Å². The second kappa shape index (κ2) is 5.25. The second-order valence-corrected chi connectivity index (χ2v) is 3.36. The van der Waals surface area contributed by atoms with Crippen LogP contribution >= 0.6 is 0 Å². The lowest BCUT2D eigenvalue weighted by atomic mass is 10.3. The molecule has 3 heteroatoms. The summed E-state index contributed by atoms with van der Waals surface area (Å²) in [5.74, 6) is 2.71. The van der Waals surface area contributed by atoms with Crippen LogP contribution in [0.2, 0.25) is 0 Å². The van der Waals surface area contributed by atoms with E-state index in [2.05, 4.69) is 6.07 Å². The topological polar surface area (TPSA) is 27.7 Å². The standard InChI is InChI=1S/C14H13O3/c1-15-11-5-3-7-13(9-11)17-14-8-4-6-12(10-14)16-2/h3-9H,1-2H3. The van der Waals surface area contributed by atoms with E-state index in [-0.39, 0.29) is 0 Å². The molecule has 2 aromatic rings. The number of rotatable bonds is 4. The van der Waals surface area contributed by atoms with E-state index in [0.29, 0.717) is 17.2 Å². The van der Waals surface area contributed by atoms with Gasteiger partial charge >= 0.3 is 0 Å². The summed E-state index contributed by atoms with van der Waals surface area (Å²) in [5, 5.41) is 0. The molecule has 0 atom stereocenters.